The van der Waals surface area contributed by atoms with E-state index in [1.165, 1.54) is 6.26 Å². The highest BCUT2D eigenvalue weighted by atomic mass is 16.7. The first-order valence-electron chi connectivity index (χ1n) is 9.61. The molecule has 148 valence electrons. The van der Waals surface area contributed by atoms with Gasteiger partial charge in [0.15, 0.2) is 17.3 Å². The quantitative estimate of drug-likeness (QED) is 0.857. The molecule has 1 N–H and O–H groups in total. The van der Waals surface area contributed by atoms with Crippen molar-refractivity contribution in [1.82, 2.24) is 10.2 Å². The fourth-order valence-electron chi connectivity index (χ4n) is 3.64. The van der Waals surface area contributed by atoms with Crippen molar-refractivity contribution >= 4 is 11.8 Å². The molecule has 0 saturated carbocycles. The van der Waals surface area contributed by atoms with Crippen molar-refractivity contribution in [3.63, 3.8) is 0 Å². The van der Waals surface area contributed by atoms with Crippen LogP contribution < -0.4 is 14.8 Å². The Labute approximate surface area is 163 Å². The van der Waals surface area contributed by atoms with Gasteiger partial charge in [0, 0.05) is 31.1 Å². The maximum Gasteiger partial charge on any atom is 0.287 e. The molecular formula is C21H24N2O5. The van der Waals surface area contributed by atoms with E-state index in [0.717, 1.165) is 35.5 Å². The number of fused-ring (bicyclic) bond motifs is 1. The fourth-order valence-corrected chi connectivity index (χ4v) is 3.64. The zero-order valence-electron chi connectivity index (χ0n) is 15.9. The number of benzene rings is 1. The summed E-state index contributed by atoms with van der Waals surface area (Å²) in [5.41, 5.74) is 1.89. The molecule has 1 fully saturated rings. The van der Waals surface area contributed by atoms with Gasteiger partial charge in [-0.1, -0.05) is 6.07 Å². The van der Waals surface area contributed by atoms with Crippen molar-refractivity contribution in [1.29, 1.82) is 0 Å². The molecule has 1 aromatic heterocycles. The maximum atomic E-state index is 12.5. The van der Waals surface area contributed by atoms with Gasteiger partial charge in [0.2, 0.25) is 12.7 Å². The molecule has 2 amide bonds. The van der Waals surface area contributed by atoms with E-state index in [2.05, 4.69) is 5.32 Å². The minimum Gasteiger partial charge on any atom is -0.459 e. The molecule has 2 aliphatic heterocycles. The number of amides is 2. The molecule has 0 radical (unpaired) electrons. The van der Waals surface area contributed by atoms with Crippen LogP contribution in [0.1, 0.15) is 40.9 Å². The first kappa shape index (κ1) is 18.4. The molecule has 0 spiro atoms. The molecule has 3 heterocycles. The molecule has 4 rings (SSSR count). The van der Waals surface area contributed by atoms with Crippen LogP contribution in [0.5, 0.6) is 11.5 Å². The lowest BCUT2D eigenvalue weighted by Gasteiger charge is -2.32. The molecule has 1 aromatic carbocycles. The molecule has 28 heavy (non-hydrogen) atoms. The van der Waals surface area contributed by atoms with Crippen molar-refractivity contribution in [3.8, 4) is 11.5 Å². The zero-order valence-corrected chi connectivity index (χ0v) is 15.9. The van der Waals surface area contributed by atoms with E-state index in [1.807, 2.05) is 30.0 Å². The van der Waals surface area contributed by atoms with Crippen molar-refractivity contribution in [2.45, 2.75) is 38.6 Å². The Morgan fingerprint density at radius 2 is 1.93 bits per heavy atom. The van der Waals surface area contributed by atoms with Crippen molar-refractivity contribution < 1.29 is 23.5 Å². The van der Waals surface area contributed by atoms with Gasteiger partial charge in [-0.2, -0.15) is 0 Å². The SMILES string of the molecule is Cc1ccoc1C(=O)NC1CCN(C(=O)CCc2ccc3c(c2)OCO3)CC1. The predicted octanol–water partition coefficient (Wildman–Crippen LogP) is 2.67. The van der Waals surface area contributed by atoms with Crippen LogP contribution in [0, 0.1) is 6.92 Å². The minimum absolute atomic E-state index is 0.0647. The van der Waals surface area contributed by atoms with Crippen LogP contribution in [0.25, 0.3) is 0 Å². The Hall–Kier alpha value is -2.96. The number of aryl methyl sites for hydroxylation is 2. The normalized spacial score (nSPS) is 16.2. The van der Waals surface area contributed by atoms with E-state index >= 15 is 0 Å². The summed E-state index contributed by atoms with van der Waals surface area (Å²) in [5, 5.41) is 3.01. The van der Waals surface area contributed by atoms with Crippen LogP contribution in [0.3, 0.4) is 0 Å². The summed E-state index contributed by atoms with van der Waals surface area (Å²) in [6.07, 6.45) is 4.15. The average molecular weight is 384 g/mol. The lowest BCUT2D eigenvalue weighted by molar-refractivity contribution is -0.132. The van der Waals surface area contributed by atoms with Crippen molar-refractivity contribution in [2.24, 2.45) is 0 Å². The summed E-state index contributed by atoms with van der Waals surface area (Å²) in [6, 6.07) is 7.63. The Balaban J connectivity index is 1.23. The number of furan rings is 1. The number of carbonyl (C=O) groups is 2. The first-order valence-corrected chi connectivity index (χ1v) is 9.61. The van der Waals surface area contributed by atoms with Gasteiger partial charge in [-0.15, -0.1) is 0 Å². The number of nitrogens with one attached hydrogen (secondary N) is 1. The number of carbonyl (C=O) groups excluding carboxylic acids is 2. The van der Waals surface area contributed by atoms with Gasteiger partial charge in [-0.25, -0.2) is 0 Å². The lowest BCUT2D eigenvalue weighted by atomic mass is 10.0. The van der Waals surface area contributed by atoms with Gasteiger partial charge in [-0.3, -0.25) is 9.59 Å². The standard InChI is InChI=1S/C21H24N2O5/c1-14-8-11-26-20(14)21(25)22-16-6-9-23(10-7-16)19(24)5-3-15-2-4-17-18(12-15)28-13-27-17/h2,4,8,11-12,16H,3,5-7,9-10,13H2,1H3,(H,22,25). The summed E-state index contributed by atoms with van der Waals surface area (Å²) in [5.74, 6) is 1.82. The molecule has 1 saturated heterocycles. The number of hydrogen-bond donors (Lipinski definition) is 1. The van der Waals surface area contributed by atoms with E-state index in [1.54, 1.807) is 6.07 Å². The van der Waals surface area contributed by atoms with Crippen LogP contribution in [-0.2, 0) is 11.2 Å². The smallest absolute Gasteiger partial charge is 0.287 e. The van der Waals surface area contributed by atoms with Gasteiger partial charge in [-0.05, 0) is 49.9 Å². The third-order valence-electron chi connectivity index (χ3n) is 5.32. The van der Waals surface area contributed by atoms with E-state index < -0.39 is 0 Å². The maximum absolute atomic E-state index is 12.5. The van der Waals surface area contributed by atoms with Crippen molar-refractivity contribution in [2.75, 3.05) is 19.9 Å². The summed E-state index contributed by atoms with van der Waals surface area (Å²) in [6.45, 7) is 3.41. The molecule has 2 aliphatic rings. The highest BCUT2D eigenvalue weighted by Crippen LogP contribution is 2.32. The Bertz CT molecular complexity index is 867. The van der Waals surface area contributed by atoms with Crippen LogP contribution in [0.4, 0.5) is 0 Å². The summed E-state index contributed by atoms with van der Waals surface area (Å²) >= 11 is 0. The zero-order chi connectivity index (χ0) is 19.5. The Morgan fingerprint density at radius 1 is 1.14 bits per heavy atom. The number of hydrogen-bond acceptors (Lipinski definition) is 5. The molecule has 0 bridgehead atoms. The monoisotopic (exact) mass is 384 g/mol. The second-order valence-electron chi connectivity index (χ2n) is 7.25. The number of likely N-dealkylation sites (tertiary alicyclic amines) is 1. The molecular weight excluding hydrogens is 360 g/mol. The van der Waals surface area contributed by atoms with E-state index in [-0.39, 0.29) is 24.6 Å². The van der Waals surface area contributed by atoms with Crippen LogP contribution in [-0.4, -0.2) is 42.6 Å². The number of piperidine rings is 1. The van der Waals surface area contributed by atoms with E-state index in [4.69, 9.17) is 13.9 Å². The summed E-state index contributed by atoms with van der Waals surface area (Å²) in [4.78, 5) is 26.7. The molecule has 0 atom stereocenters. The fraction of sp³-hybridized carbons (Fsp3) is 0.429. The van der Waals surface area contributed by atoms with E-state index in [9.17, 15) is 9.59 Å². The van der Waals surface area contributed by atoms with Gasteiger partial charge in [0.1, 0.15) is 0 Å². The molecule has 0 aliphatic carbocycles. The van der Waals surface area contributed by atoms with Gasteiger partial charge >= 0.3 is 0 Å². The molecule has 7 nitrogen and oxygen atoms in total. The number of ether oxygens (including phenoxy) is 2. The highest BCUT2D eigenvalue weighted by Gasteiger charge is 2.25. The molecule has 7 heteroatoms. The second-order valence-corrected chi connectivity index (χ2v) is 7.25. The molecule has 0 unspecified atom stereocenters. The number of nitrogens with zero attached hydrogens (tertiary/aromatic N) is 1. The van der Waals surface area contributed by atoms with Gasteiger partial charge in [0.25, 0.3) is 5.91 Å². The topological polar surface area (TPSA) is 81.0 Å². The summed E-state index contributed by atoms with van der Waals surface area (Å²) in [7, 11) is 0. The molecule has 2 aromatic rings. The summed E-state index contributed by atoms with van der Waals surface area (Å²) < 4.78 is 15.9. The minimum atomic E-state index is -0.185. The van der Waals surface area contributed by atoms with Crippen LogP contribution >= 0.6 is 0 Å². The second kappa shape index (κ2) is 7.96. The average Bonchev–Trinajstić information content (AvgIpc) is 3.34. The Morgan fingerprint density at radius 3 is 2.68 bits per heavy atom. The first-order chi connectivity index (χ1) is 13.6. The van der Waals surface area contributed by atoms with E-state index in [0.29, 0.717) is 31.7 Å². The van der Waals surface area contributed by atoms with Crippen molar-refractivity contribution in [3.05, 3.63) is 47.4 Å². The third kappa shape index (κ3) is 3.98. The predicted molar refractivity (Wildman–Crippen MR) is 101 cm³/mol. The number of rotatable bonds is 5. The van der Waals surface area contributed by atoms with Crippen LogP contribution in [0.15, 0.2) is 34.9 Å². The highest BCUT2D eigenvalue weighted by molar-refractivity contribution is 5.93. The third-order valence-corrected chi connectivity index (χ3v) is 5.32. The largest absolute Gasteiger partial charge is 0.459 e. The lowest BCUT2D eigenvalue weighted by Crippen LogP contribution is -2.46. The van der Waals surface area contributed by atoms with Gasteiger partial charge in [0.05, 0.1) is 6.26 Å². The van der Waals surface area contributed by atoms with Crippen LogP contribution in [0.2, 0.25) is 0 Å². The Kier molecular flexibility index (Phi) is 5.23. The van der Waals surface area contributed by atoms with Gasteiger partial charge < -0.3 is 24.1 Å².